The van der Waals surface area contributed by atoms with Gasteiger partial charge in [-0.1, -0.05) is 18.2 Å². The molecular weight excluding hydrogens is 586 g/mol. The zero-order chi connectivity index (χ0) is 31.7. The lowest BCUT2D eigenvalue weighted by atomic mass is 10.00. The molecule has 4 atom stereocenters. The molecule has 0 spiro atoms. The monoisotopic (exact) mass is 620 g/mol. The number of hydrogen-bond donors (Lipinski definition) is 3. The summed E-state index contributed by atoms with van der Waals surface area (Å²) < 4.78 is 46.5. The Balaban J connectivity index is 1.26. The molecule has 1 fully saturated rings. The van der Waals surface area contributed by atoms with Crippen LogP contribution < -0.4 is 20.1 Å². The third-order valence-corrected chi connectivity index (χ3v) is 8.14. The molecule has 10 nitrogen and oxygen atoms in total. The Hall–Kier alpha value is -4.55. The average Bonchev–Trinajstić information content (AvgIpc) is 3.64. The van der Waals surface area contributed by atoms with Gasteiger partial charge in [0.2, 0.25) is 0 Å². The predicted molar refractivity (Wildman–Crippen MR) is 161 cm³/mol. The van der Waals surface area contributed by atoms with Gasteiger partial charge >= 0.3 is 5.92 Å². The minimum atomic E-state index is -3.56. The van der Waals surface area contributed by atoms with Crippen molar-refractivity contribution in [3.05, 3.63) is 83.6 Å². The SMILES string of the molecule is C[C@H](NC(=O)C(C)(F)F)[C@H](Oc1ccc2c(cnn2-c2cccc(C(=O)NC3CCC[C@@H]3O)c2)c1)c1ccc2c(c1)OCOC2. The molecule has 1 aromatic heterocycles. The maximum atomic E-state index is 13.8. The fourth-order valence-corrected chi connectivity index (χ4v) is 5.70. The molecule has 4 aromatic rings. The molecule has 45 heavy (non-hydrogen) atoms. The number of benzene rings is 3. The van der Waals surface area contributed by atoms with Gasteiger partial charge in [0.05, 0.1) is 42.2 Å². The van der Waals surface area contributed by atoms with Gasteiger partial charge in [-0.3, -0.25) is 9.59 Å². The van der Waals surface area contributed by atoms with Gasteiger partial charge < -0.3 is 30.0 Å². The fourth-order valence-electron chi connectivity index (χ4n) is 5.70. The van der Waals surface area contributed by atoms with E-state index < -0.39 is 30.1 Å². The number of nitrogens with zero attached hydrogens (tertiary/aromatic N) is 2. The maximum absolute atomic E-state index is 13.8. The molecule has 0 bridgehead atoms. The fraction of sp³-hybridized carbons (Fsp3) is 0.364. The quantitative estimate of drug-likeness (QED) is 0.245. The molecule has 1 aliphatic carbocycles. The van der Waals surface area contributed by atoms with Crippen LogP contribution in [0.15, 0.2) is 66.9 Å². The van der Waals surface area contributed by atoms with Crippen LogP contribution in [0.1, 0.15) is 60.7 Å². The van der Waals surface area contributed by atoms with Crippen molar-refractivity contribution in [2.24, 2.45) is 0 Å². The van der Waals surface area contributed by atoms with Gasteiger partial charge in [-0.05, 0) is 74.2 Å². The van der Waals surface area contributed by atoms with Gasteiger partial charge in [0.1, 0.15) is 17.6 Å². The second kappa shape index (κ2) is 12.4. The van der Waals surface area contributed by atoms with Crippen LogP contribution in [-0.2, 0) is 16.1 Å². The number of amides is 2. The first-order valence-corrected chi connectivity index (χ1v) is 14.8. The molecule has 1 aliphatic heterocycles. The number of aromatic nitrogens is 2. The van der Waals surface area contributed by atoms with Crippen molar-refractivity contribution in [1.29, 1.82) is 0 Å². The summed E-state index contributed by atoms with van der Waals surface area (Å²) in [6, 6.07) is 16.7. The number of nitrogens with one attached hydrogen (secondary N) is 2. The van der Waals surface area contributed by atoms with Crippen molar-refractivity contribution in [2.45, 2.75) is 69.9 Å². The third kappa shape index (κ3) is 6.62. The highest BCUT2D eigenvalue weighted by Crippen LogP contribution is 2.33. The van der Waals surface area contributed by atoms with E-state index in [1.54, 1.807) is 60.3 Å². The summed E-state index contributed by atoms with van der Waals surface area (Å²) >= 11 is 0. The molecule has 6 rings (SSSR count). The van der Waals surface area contributed by atoms with Crippen LogP contribution in [0.4, 0.5) is 8.78 Å². The molecule has 2 amide bonds. The van der Waals surface area contributed by atoms with Gasteiger partial charge in [-0.2, -0.15) is 13.9 Å². The topological polar surface area (TPSA) is 124 Å². The normalized spacial score (nSPS) is 19.3. The Morgan fingerprint density at radius 1 is 1.13 bits per heavy atom. The van der Waals surface area contributed by atoms with Crippen molar-refractivity contribution >= 4 is 22.7 Å². The Morgan fingerprint density at radius 3 is 2.76 bits per heavy atom. The first kappa shape index (κ1) is 30.5. The lowest BCUT2D eigenvalue weighted by molar-refractivity contribution is -0.144. The summed E-state index contributed by atoms with van der Waals surface area (Å²) in [5.74, 6) is -4.19. The Kier molecular flexibility index (Phi) is 8.43. The highest BCUT2D eigenvalue weighted by Gasteiger charge is 2.35. The van der Waals surface area contributed by atoms with Crippen LogP contribution in [-0.4, -0.2) is 57.6 Å². The van der Waals surface area contributed by atoms with Gasteiger partial charge in [0.15, 0.2) is 6.79 Å². The number of alkyl halides is 2. The molecular formula is C33H34F2N4O6. The van der Waals surface area contributed by atoms with E-state index in [2.05, 4.69) is 15.7 Å². The standard InChI is InChI=1S/C33H34F2N4O6/c1-19(37-32(42)33(2,34)35)30(20-9-10-22-17-43-18-44-29(22)15-20)45-25-11-12-27-23(14-25)16-36-39(27)24-6-3-5-21(13-24)31(41)38-26-7-4-8-28(26)40/h3,5-6,9-16,19,26,28,30,40H,4,7-8,17-18H2,1-2H3,(H,37,42)(H,38,41)/t19-,26?,28-,30-/m0/s1. The van der Waals surface area contributed by atoms with Crippen molar-refractivity contribution in [3.63, 3.8) is 0 Å². The van der Waals surface area contributed by atoms with E-state index in [0.717, 1.165) is 29.3 Å². The van der Waals surface area contributed by atoms with Gasteiger partial charge in [-0.25, -0.2) is 4.68 Å². The van der Waals surface area contributed by atoms with E-state index in [4.69, 9.17) is 14.2 Å². The van der Waals surface area contributed by atoms with E-state index in [1.165, 1.54) is 0 Å². The number of rotatable bonds is 9. The number of ether oxygens (including phenoxy) is 3. The lowest BCUT2D eigenvalue weighted by Gasteiger charge is -2.28. The highest BCUT2D eigenvalue weighted by atomic mass is 19.3. The van der Waals surface area contributed by atoms with Crippen LogP contribution in [0.3, 0.4) is 0 Å². The second-order valence-electron chi connectivity index (χ2n) is 11.6. The Morgan fingerprint density at radius 2 is 1.98 bits per heavy atom. The van der Waals surface area contributed by atoms with E-state index in [9.17, 15) is 23.5 Å². The van der Waals surface area contributed by atoms with Crippen LogP contribution in [0.5, 0.6) is 11.5 Å². The predicted octanol–water partition coefficient (Wildman–Crippen LogP) is 4.82. The number of aliphatic hydroxyl groups excluding tert-OH is 1. The molecule has 236 valence electrons. The first-order valence-electron chi connectivity index (χ1n) is 14.8. The van der Waals surface area contributed by atoms with Gasteiger partial charge in [0, 0.05) is 23.4 Å². The van der Waals surface area contributed by atoms with E-state index >= 15 is 0 Å². The minimum Gasteiger partial charge on any atom is -0.484 e. The number of hydrogen-bond acceptors (Lipinski definition) is 7. The molecule has 3 N–H and O–H groups in total. The summed E-state index contributed by atoms with van der Waals surface area (Å²) in [4.78, 5) is 25.1. The zero-order valence-electron chi connectivity index (χ0n) is 24.8. The minimum absolute atomic E-state index is 0.0915. The van der Waals surface area contributed by atoms with Gasteiger partial charge in [-0.15, -0.1) is 0 Å². The summed E-state index contributed by atoms with van der Waals surface area (Å²) in [6.07, 6.45) is 2.58. The number of aliphatic hydroxyl groups is 1. The first-order chi connectivity index (χ1) is 21.6. The van der Waals surface area contributed by atoms with Crippen molar-refractivity contribution in [3.8, 4) is 17.2 Å². The van der Waals surface area contributed by atoms with Crippen molar-refractivity contribution < 1.29 is 37.7 Å². The lowest BCUT2D eigenvalue weighted by Crippen LogP contribution is -2.46. The highest BCUT2D eigenvalue weighted by molar-refractivity contribution is 5.95. The molecule has 0 radical (unpaired) electrons. The number of carbonyl (C=O) groups is 2. The number of carbonyl (C=O) groups excluding carboxylic acids is 2. The molecule has 3 aromatic carbocycles. The molecule has 2 heterocycles. The molecule has 1 unspecified atom stereocenters. The van der Waals surface area contributed by atoms with Crippen LogP contribution in [0, 0.1) is 0 Å². The summed E-state index contributed by atoms with van der Waals surface area (Å²) in [5, 5.41) is 20.7. The molecule has 12 heteroatoms. The number of halogens is 2. The van der Waals surface area contributed by atoms with Crippen LogP contribution in [0.25, 0.3) is 16.6 Å². The smallest absolute Gasteiger partial charge is 0.321 e. The largest absolute Gasteiger partial charge is 0.484 e. The Labute approximate surface area is 258 Å². The second-order valence-corrected chi connectivity index (χ2v) is 11.6. The van der Waals surface area contributed by atoms with E-state index in [1.807, 2.05) is 18.2 Å². The van der Waals surface area contributed by atoms with Crippen LogP contribution in [0.2, 0.25) is 0 Å². The van der Waals surface area contributed by atoms with Gasteiger partial charge in [0.25, 0.3) is 11.8 Å². The molecule has 1 saturated carbocycles. The summed E-state index contributed by atoms with van der Waals surface area (Å²) in [5.41, 5.74) is 3.33. The Bertz CT molecular complexity index is 1720. The van der Waals surface area contributed by atoms with E-state index in [0.29, 0.717) is 48.3 Å². The van der Waals surface area contributed by atoms with Crippen molar-refractivity contribution in [1.82, 2.24) is 20.4 Å². The van der Waals surface area contributed by atoms with Crippen molar-refractivity contribution in [2.75, 3.05) is 6.79 Å². The summed E-state index contributed by atoms with van der Waals surface area (Å²) in [6.45, 7) is 2.62. The summed E-state index contributed by atoms with van der Waals surface area (Å²) in [7, 11) is 0. The zero-order valence-corrected chi connectivity index (χ0v) is 24.8. The number of fused-ring (bicyclic) bond motifs is 2. The average molecular weight is 621 g/mol. The van der Waals surface area contributed by atoms with Crippen LogP contribution >= 0.6 is 0 Å². The molecule has 2 aliphatic rings. The third-order valence-electron chi connectivity index (χ3n) is 8.14. The maximum Gasteiger partial charge on any atom is 0.321 e. The van der Waals surface area contributed by atoms with E-state index in [-0.39, 0.29) is 18.7 Å². The molecule has 0 saturated heterocycles.